The molecule has 1 aliphatic heterocycles. The maximum absolute atomic E-state index is 3.76. The van der Waals surface area contributed by atoms with Gasteiger partial charge in [0.1, 0.15) is 0 Å². The summed E-state index contributed by atoms with van der Waals surface area (Å²) in [6.07, 6.45) is 8.28. The highest BCUT2D eigenvalue weighted by molar-refractivity contribution is 7.99. The van der Waals surface area contributed by atoms with Gasteiger partial charge in [0, 0.05) is 6.04 Å². The summed E-state index contributed by atoms with van der Waals surface area (Å²) < 4.78 is 0. The standard InChI is InChI=1S/C13H27NS/c1-3-5-6-7-13(14-9-4-2)12-8-10-15-11-12/h12-14H,3-11H2,1-2H3. The molecular formula is C13H27NS. The van der Waals surface area contributed by atoms with E-state index >= 15 is 0 Å². The lowest BCUT2D eigenvalue weighted by molar-refractivity contribution is 0.352. The summed E-state index contributed by atoms with van der Waals surface area (Å²) in [6.45, 7) is 5.76. The molecule has 2 unspecified atom stereocenters. The lowest BCUT2D eigenvalue weighted by atomic mass is 9.94. The molecule has 1 rings (SSSR count). The molecule has 1 saturated heterocycles. The van der Waals surface area contributed by atoms with Crippen molar-refractivity contribution in [3.63, 3.8) is 0 Å². The molecule has 0 radical (unpaired) electrons. The lowest BCUT2D eigenvalue weighted by Gasteiger charge is -2.24. The third kappa shape index (κ3) is 5.26. The van der Waals surface area contributed by atoms with E-state index in [0.717, 1.165) is 12.0 Å². The molecule has 2 atom stereocenters. The second-order valence-corrected chi connectivity index (χ2v) is 5.83. The van der Waals surface area contributed by atoms with Crippen LogP contribution in [0.2, 0.25) is 0 Å². The van der Waals surface area contributed by atoms with Gasteiger partial charge in [0.15, 0.2) is 0 Å². The number of thioether (sulfide) groups is 1. The Morgan fingerprint density at radius 2 is 2.13 bits per heavy atom. The van der Waals surface area contributed by atoms with Crippen LogP contribution in [-0.4, -0.2) is 24.1 Å². The number of hydrogen-bond acceptors (Lipinski definition) is 2. The topological polar surface area (TPSA) is 12.0 Å². The fourth-order valence-electron chi connectivity index (χ4n) is 2.32. The van der Waals surface area contributed by atoms with E-state index < -0.39 is 0 Å². The summed E-state index contributed by atoms with van der Waals surface area (Å²) in [7, 11) is 0. The van der Waals surface area contributed by atoms with E-state index in [2.05, 4.69) is 30.9 Å². The van der Waals surface area contributed by atoms with E-state index in [1.807, 2.05) is 0 Å². The first kappa shape index (κ1) is 13.4. The first-order chi connectivity index (χ1) is 7.38. The summed E-state index contributed by atoms with van der Waals surface area (Å²) in [5.41, 5.74) is 0. The van der Waals surface area contributed by atoms with Gasteiger partial charge in [0.05, 0.1) is 0 Å². The average molecular weight is 229 g/mol. The van der Waals surface area contributed by atoms with Crippen LogP contribution in [0.3, 0.4) is 0 Å². The largest absolute Gasteiger partial charge is 0.314 e. The SMILES string of the molecule is CCCCCC(NCCC)C1CCSC1. The van der Waals surface area contributed by atoms with E-state index in [1.165, 1.54) is 56.6 Å². The van der Waals surface area contributed by atoms with Crippen LogP contribution in [0.25, 0.3) is 0 Å². The smallest absolute Gasteiger partial charge is 0.0103 e. The van der Waals surface area contributed by atoms with Crippen molar-refractivity contribution in [2.75, 3.05) is 18.1 Å². The quantitative estimate of drug-likeness (QED) is 0.637. The molecule has 1 N–H and O–H groups in total. The minimum absolute atomic E-state index is 0.812. The van der Waals surface area contributed by atoms with Crippen LogP contribution < -0.4 is 5.32 Å². The molecule has 15 heavy (non-hydrogen) atoms. The second kappa shape index (κ2) is 8.46. The van der Waals surface area contributed by atoms with Gasteiger partial charge in [-0.25, -0.2) is 0 Å². The van der Waals surface area contributed by atoms with Crippen molar-refractivity contribution in [2.45, 2.75) is 58.4 Å². The minimum atomic E-state index is 0.812. The highest BCUT2D eigenvalue weighted by atomic mass is 32.2. The van der Waals surface area contributed by atoms with Crippen LogP contribution in [0.1, 0.15) is 52.4 Å². The molecule has 1 heterocycles. The Kier molecular flexibility index (Phi) is 7.54. The predicted molar refractivity (Wildman–Crippen MR) is 71.7 cm³/mol. The number of hydrogen-bond donors (Lipinski definition) is 1. The van der Waals surface area contributed by atoms with E-state index in [4.69, 9.17) is 0 Å². The summed E-state index contributed by atoms with van der Waals surface area (Å²) in [5, 5.41) is 3.76. The summed E-state index contributed by atoms with van der Waals surface area (Å²) in [6, 6.07) is 0.812. The zero-order chi connectivity index (χ0) is 10.9. The Balaban J connectivity index is 2.23. The average Bonchev–Trinajstić information content (AvgIpc) is 2.76. The van der Waals surface area contributed by atoms with Crippen LogP contribution in [-0.2, 0) is 0 Å². The van der Waals surface area contributed by atoms with Crippen LogP contribution in [0.4, 0.5) is 0 Å². The highest BCUT2D eigenvalue weighted by Crippen LogP contribution is 2.28. The number of unbranched alkanes of at least 4 members (excludes halogenated alkanes) is 2. The van der Waals surface area contributed by atoms with Crippen molar-refractivity contribution < 1.29 is 0 Å². The molecule has 1 fully saturated rings. The Labute approximate surface area is 99.8 Å². The van der Waals surface area contributed by atoms with Gasteiger partial charge in [-0.2, -0.15) is 11.8 Å². The molecule has 0 aliphatic carbocycles. The Morgan fingerprint density at radius 3 is 2.73 bits per heavy atom. The third-order valence-electron chi connectivity index (χ3n) is 3.31. The van der Waals surface area contributed by atoms with Crippen molar-refractivity contribution in [3.8, 4) is 0 Å². The van der Waals surface area contributed by atoms with Crippen LogP contribution in [0.5, 0.6) is 0 Å². The Hall–Kier alpha value is 0.310. The molecule has 1 nitrogen and oxygen atoms in total. The van der Waals surface area contributed by atoms with Gasteiger partial charge >= 0.3 is 0 Å². The molecule has 1 aliphatic rings. The van der Waals surface area contributed by atoms with Crippen molar-refractivity contribution >= 4 is 11.8 Å². The fourth-order valence-corrected chi connectivity index (χ4v) is 3.66. The Morgan fingerprint density at radius 1 is 1.27 bits per heavy atom. The van der Waals surface area contributed by atoms with Crippen LogP contribution in [0, 0.1) is 5.92 Å². The van der Waals surface area contributed by atoms with Crippen molar-refractivity contribution in [2.24, 2.45) is 5.92 Å². The van der Waals surface area contributed by atoms with E-state index in [1.54, 1.807) is 0 Å². The third-order valence-corrected chi connectivity index (χ3v) is 4.50. The zero-order valence-electron chi connectivity index (χ0n) is 10.4. The molecule has 0 aromatic heterocycles. The second-order valence-electron chi connectivity index (χ2n) is 4.68. The van der Waals surface area contributed by atoms with Gasteiger partial charge in [-0.3, -0.25) is 0 Å². The zero-order valence-corrected chi connectivity index (χ0v) is 11.2. The lowest BCUT2D eigenvalue weighted by Crippen LogP contribution is -2.36. The van der Waals surface area contributed by atoms with Crippen LogP contribution >= 0.6 is 11.8 Å². The normalized spacial score (nSPS) is 23.2. The Bertz CT molecular complexity index is 143. The molecule has 0 saturated carbocycles. The van der Waals surface area contributed by atoms with Gasteiger partial charge in [-0.15, -0.1) is 0 Å². The molecule has 0 aromatic rings. The van der Waals surface area contributed by atoms with Crippen molar-refractivity contribution in [1.29, 1.82) is 0 Å². The molecule has 90 valence electrons. The highest BCUT2D eigenvalue weighted by Gasteiger charge is 2.24. The first-order valence-electron chi connectivity index (χ1n) is 6.69. The maximum Gasteiger partial charge on any atom is 0.0103 e. The number of nitrogens with one attached hydrogen (secondary N) is 1. The molecule has 0 spiro atoms. The van der Waals surface area contributed by atoms with Gasteiger partial charge in [-0.05, 0) is 43.2 Å². The van der Waals surface area contributed by atoms with Crippen molar-refractivity contribution in [1.82, 2.24) is 5.32 Å². The molecule has 2 heteroatoms. The monoisotopic (exact) mass is 229 g/mol. The summed E-state index contributed by atoms with van der Waals surface area (Å²) in [5.74, 6) is 3.74. The van der Waals surface area contributed by atoms with Gasteiger partial charge in [-0.1, -0.05) is 33.1 Å². The minimum Gasteiger partial charge on any atom is -0.314 e. The van der Waals surface area contributed by atoms with Gasteiger partial charge in [0.2, 0.25) is 0 Å². The summed E-state index contributed by atoms with van der Waals surface area (Å²) in [4.78, 5) is 0. The van der Waals surface area contributed by atoms with Gasteiger partial charge in [0.25, 0.3) is 0 Å². The number of rotatable bonds is 8. The maximum atomic E-state index is 3.76. The summed E-state index contributed by atoms with van der Waals surface area (Å²) >= 11 is 2.14. The van der Waals surface area contributed by atoms with E-state index in [-0.39, 0.29) is 0 Å². The molecule has 0 aromatic carbocycles. The molecule has 0 bridgehead atoms. The van der Waals surface area contributed by atoms with E-state index in [9.17, 15) is 0 Å². The van der Waals surface area contributed by atoms with Gasteiger partial charge < -0.3 is 5.32 Å². The molecular weight excluding hydrogens is 202 g/mol. The predicted octanol–water partition coefficient (Wildman–Crippen LogP) is 3.69. The van der Waals surface area contributed by atoms with Crippen molar-refractivity contribution in [3.05, 3.63) is 0 Å². The van der Waals surface area contributed by atoms with Crippen LogP contribution in [0.15, 0.2) is 0 Å². The first-order valence-corrected chi connectivity index (χ1v) is 7.85. The molecule has 0 amide bonds. The fraction of sp³-hybridized carbons (Fsp3) is 1.00. The van der Waals surface area contributed by atoms with E-state index in [0.29, 0.717) is 0 Å².